The van der Waals surface area contributed by atoms with Crippen molar-refractivity contribution in [3.05, 3.63) is 69.7 Å². The second kappa shape index (κ2) is 5.04. The van der Waals surface area contributed by atoms with Crippen LogP contribution in [0.4, 0.5) is 8.78 Å². The third-order valence-electron chi connectivity index (χ3n) is 2.87. The Morgan fingerprint density at radius 2 is 1.83 bits per heavy atom. The predicted octanol–water partition coefficient (Wildman–Crippen LogP) is 3.97. The average Bonchev–Trinajstić information content (AvgIpc) is 2.32. The van der Waals surface area contributed by atoms with Crippen LogP contribution < -0.4 is 5.73 Å². The van der Waals surface area contributed by atoms with Crippen LogP contribution in [-0.2, 0) is 0 Å². The number of benzene rings is 2. The molecule has 0 radical (unpaired) electrons. The molecule has 0 aliphatic heterocycles. The number of nitrogens with two attached hydrogens (primary N) is 1. The first-order valence-corrected chi connectivity index (χ1v) is 5.84. The van der Waals surface area contributed by atoms with Crippen molar-refractivity contribution in [1.29, 1.82) is 0 Å². The molecule has 2 N–H and O–H groups in total. The lowest BCUT2D eigenvalue weighted by Gasteiger charge is -2.15. The Bertz CT molecular complexity index is 564. The zero-order valence-electron chi connectivity index (χ0n) is 9.75. The highest BCUT2D eigenvalue weighted by molar-refractivity contribution is 6.31. The predicted molar refractivity (Wildman–Crippen MR) is 68.6 cm³/mol. The third kappa shape index (κ3) is 2.37. The van der Waals surface area contributed by atoms with E-state index in [0.29, 0.717) is 11.1 Å². The first-order valence-electron chi connectivity index (χ1n) is 5.46. The Labute approximate surface area is 109 Å². The Kier molecular flexibility index (Phi) is 3.64. The van der Waals surface area contributed by atoms with Crippen LogP contribution in [0.15, 0.2) is 36.4 Å². The zero-order chi connectivity index (χ0) is 13.3. The normalized spacial score (nSPS) is 12.5. The van der Waals surface area contributed by atoms with E-state index in [0.717, 1.165) is 0 Å². The Morgan fingerprint density at radius 1 is 1.11 bits per heavy atom. The summed E-state index contributed by atoms with van der Waals surface area (Å²) in [5, 5.41) is 0.239. The topological polar surface area (TPSA) is 26.0 Å². The molecule has 0 spiro atoms. The summed E-state index contributed by atoms with van der Waals surface area (Å²) in [5.41, 5.74) is 7.14. The minimum Gasteiger partial charge on any atom is -0.320 e. The molecule has 0 saturated carbocycles. The number of hydrogen-bond donors (Lipinski definition) is 1. The van der Waals surface area contributed by atoms with Crippen LogP contribution in [0.25, 0.3) is 0 Å². The van der Waals surface area contributed by atoms with Crippen molar-refractivity contribution < 1.29 is 8.78 Å². The van der Waals surface area contributed by atoms with Crippen molar-refractivity contribution in [3.63, 3.8) is 0 Å². The second-order valence-corrected chi connectivity index (χ2v) is 4.53. The summed E-state index contributed by atoms with van der Waals surface area (Å²) in [5.74, 6) is -0.855. The van der Waals surface area contributed by atoms with Gasteiger partial charge in [0.05, 0.1) is 6.04 Å². The van der Waals surface area contributed by atoms with Crippen LogP contribution in [0.3, 0.4) is 0 Å². The second-order valence-electron chi connectivity index (χ2n) is 4.12. The number of hydrogen-bond acceptors (Lipinski definition) is 1. The first kappa shape index (κ1) is 13.0. The fraction of sp³-hybridized carbons (Fsp3) is 0.143. The Balaban J connectivity index is 2.48. The summed E-state index contributed by atoms with van der Waals surface area (Å²) in [6.45, 7) is 1.65. The summed E-state index contributed by atoms with van der Waals surface area (Å²) in [4.78, 5) is 0. The van der Waals surface area contributed by atoms with Gasteiger partial charge < -0.3 is 5.73 Å². The van der Waals surface area contributed by atoms with E-state index in [1.54, 1.807) is 25.1 Å². The van der Waals surface area contributed by atoms with Gasteiger partial charge in [-0.05, 0) is 36.2 Å². The monoisotopic (exact) mass is 267 g/mol. The average molecular weight is 268 g/mol. The molecule has 0 fully saturated rings. The lowest BCUT2D eigenvalue weighted by molar-refractivity contribution is 0.594. The van der Waals surface area contributed by atoms with Gasteiger partial charge in [0.15, 0.2) is 0 Å². The van der Waals surface area contributed by atoms with Gasteiger partial charge in [0, 0.05) is 10.6 Å². The van der Waals surface area contributed by atoms with E-state index in [-0.39, 0.29) is 16.4 Å². The van der Waals surface area contributed by atoms with Crippen LogP contribution in [-0.4, -0.2) is 0 Å². The molecule has 4 heteroatoms. The molecule has 0 aliphatic rings. The minimum atomic E-state index is -0.784. The molecule has 0 saturated heterocycles. The van der Waals surface area contributed by atoms with Crippen molar-refractivity contribution >= 4 is 11.6 Å². The van der Waals surface area contributed by atoms with Crippen LogP contribution in [0.5, 0.6) is 0 Å². The maximum absolute atomic E-state index is 13.7. The Hall–Kier alpha value is -1.45. The standard InChI is InChI=1S/C14H12ClF2N/c1-8-5-6-9(7-12(8)17)14(18)13-10(15)3-2-4-11(13)16/h2-7,14H,18H2,1H3. The largest absolute Gasteiger partial charge is 0.320 e. The Morgan fingerprint density at radius 3 is 2.44 bits per heavy atom. The summed E-state index contributed by atoms with van der Waals surface area (Å²) in [7, 11) is 0. The van der Waals surface area contributed by atoms with E-state index in [4.69, 9.17) is 17.3 Å². The first-order chi connectivity index (χ1) is 8.50. The minimum absolute atomic E-state index is 0.183. The van der Waals surface area contributed by atoms with Gasteiger partial charge in [-0.15, -0.1) is 0 Å². The van der Waals surface area contributed by atoms with Gasteiger partial charge in [-0.2, -0.15) is 0 Å². The van der Waals surface area contributed by atoms with Gasteiger partial charge in [0.1, 0.15) is 11.6 Å². The summed E-state index contributed by atoms with van der Waals surface area (Å²) in [6.07, 6.45) is 0. The van der Waals surface area contributed by atoms with Crippen LogP contribution >= 0.6 is 11.6 Å². The molecule has 1 unspecified atom stereocenters. The van der Waals surface area contributed by atoms with Crippen molar-refractivity contribution in [1.82, 2.24) is 0 Å². The molecular formula is C14H12ClF2N. The number of halogens is 3. The smallest absolute Gasteiger partial charge is 0.129 e. The van der Waals surface area contributed by atoms with Gasteiger partial charge in [0.2, 0.25) is 0 Å². The van der Waals surface area contributed by atoms with Gasteiger partial charge in [-0.25, -0.2) is 8.78 Å². The molecule has 2 aromatic rings. The van der Waals surface area contributed by atoms with Crippen molar-refractivity contribution in [3.8, 4) is 0 Å². The molecule has 1 atom stereocenters. The molecule has 18 heavy (non-hydrogen) atoms. The molecule has 0 bridgehead atoms. The zero-order valence-corrected chi connectivity index (χ0v) is 10.5. The maximum Gasteiger partial charge on any atom is 0.129 e. The van der Waals surface area contributed by atoms with E-state index in [1.165, 1.54) is 18.2 Å². The SMILES string of the molecule is Cc1ccc(C(N)c2c(F)cccc2Cl)cc1F. The fourth-order valence-electron chi connectivity index (χ4n) is 1.78. The molecular weight excluding hydrogens is 256 g/mol. The van der Waals surface area contributed by atoms with Crippen molar-refractivity contribution in [2.24, 2.45) is 5.73 Å². The quantitative estimate of drug-likeness (QED) is 0.875. The molecule has 2 rings (SSSR count). The molecule has 2 aromatic carbocycles. The van der Waals surface area contributed by atoms with Gasteiger partial charge in [0.25, 0.3) is 0 Å². The van der Waals surface area contributed by atoms with Gasteiger partial charge >= 0.3 is 0 Å². The highest BCUT2D eigenvalue weighted by Gasteiger charge is 2.17. The molecule has 94 valence electrons. The lowest BCUT2D eigenvalue weighted by Crippen LogP contribution is -2.14. The summed E-state index contributed by atoms with van der Waals surface area (Å²) in [6, 6.07) is 8.15. The van der Waals surface area contributed by atoms with Crippen molar-refractivity contribution in [2.75, 3.05) is 0 Å². The lowest BCUT2D eigenvalue weighted by atomic mass is 9.98. The molecule has 0 amide bonds. The maximum atomic E-state index is 13.7. The van der Waals surface area contributed by atoms with E-state index in [9.17, 15) is 8.78 Å². The molecule has 0 aromatic heterocycles. The van der Waals surface area contributed by atoms with E-state index in [2.05, 4.69) is 0 Å². The molecule has 0 heterocycles. The van der Waals surface area contributed by atoms with E-state index >= 15 is 0 Å². The summed E-state index contributed by atoms with van der Waals surface area (Å²) >= 11 is 5.93. The molecule has 0 aliphatic carbocycles. The van der Waals surface area contributed by atoms with Crippen LogP contribution in [0.1, 0.15) is 22.7 Å². The number of aryl methyl sites for hydroxylation is 1. The van der Waals surface area contributed by atoms with Crippen LogP contribution in [0, 0.1) is 18.6 Å². The summed E-state index contributed by atoms with van der Waals surface area (Å²) < 4.78 is 27.2. The molecule has 1 nitrogen and oxygen atoms in total. The van der Waals surface area contributed by atoms with Crippen LogP contribution in [0.2, 0.25) is 5.02 Å². The van der Waals surface area contributed by atoms with Crippen molar-refractivity contribution in [2.45, 2.75) is 13.0 Å². The highest BCUT2D eigenvalue weighted by Crippen LogP contribution is 2.29. The van der Waals surface area contributed by atoms with Gasteiger partial charge in [-0.3, -0.25) is 0 Å². The third-order valence-corrected chi connectivity index (χ3v) is 3.20. The number of rotatable bonds is 2. The van der Waals surface area contributed by atoms with E-state index < -0.39 is 11.9 Å². The van der Waals surface area contributed by atoms with E-state index in [1.807, 2.05) is 0 Å². The fourth-order valence-corrected chi connectivity index (χ4v) is 2.06. The highest BCUT2D eigenvalue weighted by atomic mass is 35.5. The van der Waals surface area contributed by atoms with Gasteiger partial charge in [-0.1, -0.05) is 29.8 Å².